The van der Waals surface area contributed by atoms with Crippen molar-refractivity contribution in [2.24, 2.45) is 5.10 Å². The van der Waals surface area contributed by atoms with Crippen LogP contribution in [0.2, 0.25) is 10.0 Å². The van der Waals surface area contributed by atoms with Crippen LogP contribution >= 0.6 is 23.2 Å². The number of nitrogens with one attached hydrogen (secondary N) is 1. The van der Waals surface area contributed by atoms with Gasteiger partial charge in [-0.1, -0.05) is 53.5 Å². The standard InChI is InChI=1S/C22H14Cl2N2O2/c23-19-9-7-16(12-20(19)24)21-10-8-18(28-21)13-25-26-22(27)17-6-5-14-3-1-2-4-15(14)11-17/h1-13H,(H,26,27)/b25-13-. The molecular formula is C22H14Cl2N2O2. The fraction of sp³-hybridized carbons (Fsp3) is 0. The molecule has 6 heteroatoms. The molecule has 3 aromatic carbocycles. The van der Waals surface area contributed by atoms with Crippen LogP contribution in [-0.2, 0) is 0 Å². The molecule has 1 N–H and O–H groups in total. The second-order valence-electron chi connectivity index (χ2n) is 6.09. The van der Waals surface area contributed by atoms with E-state index in [0.717, 1.165) is 16.3 Å². The van der Waals surface area contributed by atoms with E-state index < -0.39 is 0 Å². The molecule has 0 radical (unpaired) electrons. The van der Waals surface area contributed by atoms with Gasteiger partial charge in [0.05, 0.1) is 16.3 Å². The van der Waals surface area contributed by atoms with Crippen LogP contribution in [0.25, 0.3) is 22.1 Å². The number of rotatable bonds is 4. The second-order valence-corrected chi connectivity index (χ2v) is 6.91. The molecule has 0 aliphatic heterocycles. The zero-order valence-corrected chi connectivity index (χ0v) is 16.0. The summed E-state index contributed by atoms with van der Waals surface area (Å²) in [5, 5.41) is 6.98. The number of carbonyl (C=O) groups is 1. The van der Waals surface area contributed by atoms with E-state index in [2.05, 4.69) is 10.5 Å². The van der Waals surface area contributed by atoms with E-state index in [9.17, 15) is 4.79 Å². The summed E-state index contributed by atoms with van der Waals surface area (Å²) in [6.07, 6.45) is 1.44. The quantitative estimate of drug-likeness (QED) is 0.324. The number of hydrazone groups is 1. The Labute approximate surface area is 171 Å². The molecule has 0 bridgehead atoms. The molecule has 28 heavy (non-hydrogen) atoms. The van der Waals surface area contributed by atoms with Gasteiger partial charge in [-0.2, -0.15) is 5.10 Å². The maximum Gasteiger partial charge on any atom is 0.271 e. The molecule has 0 spiro atoms. The summed E-state index contributed by atoms with van der Waals surface area (Å²) in [5.74, 6) is 0.832. The van der Waals surface area contributed by atoms with Gasteiger partial charge >= 0.3 is 0 Å². The largest absolute Gasteiger partial charge is 0.455 e. The molecule has 0 atom stereocenters. The predicted octanol–water partition coefficient (Wildman–Crippen LogP) is 6.17. The third kappa shape index (κ3) is 3.93. The zero-order chi connectivity index (χ0) is 19.5. The van der Waals surface area contributed by atoms with E-state index in [-0.39, 0.29) is 5.91 Å². The molecule has 4 aromatic rings. The van der Waals surface area contributed by atoms with E-state index in [4.69, 9.17) is 27.6 Å². The summed E-state index contributed by atoms with van der Waals surface area (Å²) in [5.41, 5.74) is 3.84. The number of hydrogen-bond donors (Lipinski definition) is 1. The van der Waals surface area contributed by atoms with Gasteiger partial charge in [-0.15, -0.1) is 0 Å². The van der Waals surface area contributed by atoms with Crippen LogP contribution in [0.5, 0.6) is 0 Å². The molecule has 0 saturated heterocycles. The van der Waals surface area contributed by atoms with Gasteiger partial charge < -0.3 is 4.42 Å². The van der Waals surface area contributed by atoms with Crippen LogP contribution in [0.3, 0.4) is 0 Å². The fourth-order valence-corrected chi connectivity index (χ4v) is 3.07. The minimum Gasteiger partial charge on any atom is -0.455 e. The number of hydrogen-bond acceptors (Lipinski definition) is 3. The Morgan fingerprint density at radius 3 is 2.54 bits per heavy atom. The first-order valence-corrected chi connectivity index (χ1v) is 9.23. The molecule has 0 fully saturated rings. The predicted molar refractivity (Wildman–Crippen MR) is 113 cm³/mol. The molecule has 4 rings (SSSR count). The average molecular weight is 409 g/mol. The summed E-state index contributed by atoms with van der Waals surface area (Å²) in [6, 6.07) is 22.2. The van der Waals surface area contributed by atoms with Crippen molar-refractivity contribution >= 4 is 46.1 Å². The number of benzene rings is 3. The van der Waals surface area contributed by atoms with Crippen LogP contribution in [0.1, 0.15) is 16.1 Å². The molecule has 0 aliphatic rings. The van der Waals surface area contributed by atoms with Crippen LogP contribution in [0, 0.1) is 0 Å². The highest BCUT2D eigenvalue weighted by Gasteiger charge is 2.07. The molecule has 0 unspecified atom stereocenters. The highest BCUT2D eigenvalue weighted by molar-refractivity contribution is 6.42. The number of carbonyl (C=O) groups excluding carboxylic acids is 1. The number of furan rings is 1. The highest BCUT2D eigenvalue weighted by atomic mass is 35.5. The first-order valence-electron chi connectivity index (χ1n) is 8.47. The van der Waals surface area contributed by atoms with E-state index in [1.165, 1.54) is 6.21 Å². The minimum absolute atomic E-state index is 0.293. The Hall–Kier alpha value is -3.08. The van der Waals surface area contributed by atoms with Gasteiger partial charge in [-0.05, 0) is 53.2 Å². The van der Waals surface area contributed by atoms with Crippen molar-refractivity contribution in [1.82, 2.24) is 5.43 Å². The highest BCUT2D eigenvalue weighted by Crippen LogP contribution is 2.29. The van der Waals surface area contributed by atoms with Gasteiger partial charge in [0.2, 0.25) is 0 Å². The summed E-state index contributed by atoms with van der Waals surface area (Å²) in [4.78, 5) is 12.3. The SMILES string of the molecule is O=C(N/N=C\c1ccc(-c2ccc(Cl)c(Cl)c2)o1)c1ccc2ccccc2c1. The Morgan fingerprint density at radius 2 is 1.71 bits per heavy atom. The Bertz CT molecular complexity index is 1200. The van der Waals surface area contributed by atoms with Gasteiger partial charge in [-0.25, -0.2) is 5.43 Å². The first kappa shape index (κ1) is 18.3. The monoisotopic (exact) mass is 408 g/mol. The third-order valence-electron chi connectivity index (χ3n) is 4.20. The van der Waals surface area contributed by atoms with Gasteiger partial charge in [0, 0.05) is 11.1 Å². The molecular weight excluding hydrogens is 395 g/mol. The molecule has 138 valence electrons. The molecule has 1 amide bonds. The Balaban J connectivity index is 1.45. The van der Waals surface area contributed by atoms with Crippen molar-refractivity contribution in [2.75, 3.05) is 0 Å². The van der Waals surface area contributed by atoms with E-state index in [0.29, 0.717) is 27.1 Å². The minimum atomic E-state index is -0.293. The van der Waals surface area contributed by atoms with Crippen molar-refractivity contribution in [3.05, 3.63) is 94.2 Å². The van der Waals surface area contributed by atoms with Crippen molar-refractivity contribution in [3.8, 4) is 11.3 Å². The summed E-state index contributed by atoms with van der Waals surface area (Å²) in [6.45, 7) is 0. The van der Waals surface area contributed by atoms with E-state index in [1.54, 1.807) is 30.3 Å². The summed E-state index contributed by atoms with van der Waals surface area (Å²) < 4.78 is 5.71. The van der Waals surface area contributed by atoms with Crippen LogP contribution in [-0.4, -0.2) is 12.1 Å². The zero-order valence-electron chi connectivity index (χ0n) is 14.5. The van der Waals surface area contributed by atoms with Crippen LogP contribution < -0.4 is 5.43 Å². The van der Waals surface area contributed by atoms with E-state index >= 15 is 0 Å². The lowest BCUT2D eigenvalue weighted by Crippen LogP contribution is -2.17. The molecule has 4 nitrogen and oxygen atoms in total. The van der Waals surface area contributed by atoms with Crippen molar-refractivity contribution in [3.63, 3.8) is 0 Å². The van der Waals surface area contributed by atoms with Crippen molar-refractivity contribution < 1.29 is 9.21 Å². The first-order chi connectivity index (χ1) is 13.6. The maximum atomic E-state index is 12.3. The topological polar surface area (TPSA) is 54.6 Å². The lowest BCUT2D eigenvalue weighted by atomic mass is 10.1. The lowest BCUT2D eigenvalue weighted by Gasteiger charge is -2.02. The van der Waals surface area contributed by atoms with Crippen LogP contribution in [0.4, 0.5) is 0 Å². The van der Waals surface area contributed by atoms with Gasteiger partial charge in [0.25, 0.3) is 5.91 Å². The molecule has 0 aliphatic carbocycles. The van der Waals surface area contributed by atoms with Gasteiger partial charge in [-0.3, -0.25) is 4.79 Å². The number of nitrogens with zero attached hydrogens (tertiary/aromatic N) is 1. The van der Waals surface area contributed by atoms with Crippen LogP contribution in [0.15, 0.2) is 82.3 Å². The lowest BCUT2D eigenvalue weighted by molar-refractivity contribution is 0.0955. The fourth-order valence-electron chi connectivity index (χ4n) is 2.78. The maximum absolute atomic E-state index is 12.3. The number of halogens is 2. The van der Waals surface area contributed by atoms with Crippen molar-refractivity contribution in [2.45, 2.75) is 0 Å². The average Bonchev–Trinajstić information content (AvgIpc) is 3.18. The Morgan fingerprint density at radius 1 is 0.893 bits per heavy atom. The smallest absolute Gasteiger partial charge is 0.271 e. The third-order valence-corrected chi connectivity index (χ3v) is 4.94. The summed E-state index contributed by atoms with van der Waals surface area (Å²) in [7, 11) is 0. The summed E-state index contributed by atoms with van der Waals surface area (Å²) >= 11 is 12.0. The van der Waals surface area contributed by atoms with Gasteiger partial charge in [0.1, 0.15) is 11.5 Å². The second kappa shape index (κ2) is 7.89. The molecule has 0 saturated carbocycles. The molecule has 1 aromatic heterocycles. The number of fused-ring (bicyclic) bond motifs is 1. The normalized spacial score (nSPS) is 11.2. The Kier molecular flexibility index (Phi) is 5.15. The van der Waals surface area contributed by atoms with Crippen molar-refractivity contribution in [1.29, 1.82) is 0 Å². The van der Waals surface area contributed by atoms with Gasteiger partial charge in [0.15, 0.2) is 0 Å². The molecule has 1 heterocycles. The number of amides is 1. The van der Waals surface area contributed by atoms with E-state index in [1.807, 2.05) is 42.5 Å².